The fourth-order valence-corrected chi connectivity index (χ4v) is 6.63. The third-order valence-corrected chi connectivity index (χ3v) is 9.10. The zero-order valence-electron chi connectivity index (χ0n) is 22.1. The predicted octanol–water partition coefficient (Wildman–Crippen LogP) is 10.9. The number of hydrogen-bond acceptors (Lipinski definition) is 11. The molecule has 0 aliphatic rings. The lowest BCUT2D eigenvalue weighted by atomic mass is 10.0. The Hall–Kier alpha value is -3.01. The van der Waals surface area contributed by atoms with Crippen LogP contribution in [0.2, 0.25) is 5.02 Å². The van der Waals surface area contributed by atoms with E-state index in [0.29, 0.717) is 0 Å². The Bertz CT molecular complexity index is 1680. The minimum Gasteiger partial charge on any atom is -0.486 e. The minimum atomic E-state index is -4.99. The molecule has 0 bridgehead atoms. The van der Waals surface area contributed by atoms with Gasteiger partial charge >= 0.3 is 6.36 Å². The maximum absolute atomic E-state index is 14.0. The standard InChI is InChI=1S/C25H12ClF8N3O4S5/c1-24(9-36,37-23(38)17-18(42-30)20(44-32)22(46-34)21(45-33)19(17)43-31)10-39-16-6-11(8-35)2-4-15(16)40-14-5-3-12(7-13(14)26)41-25(27,28)29/h2-7H,10H2,1H3,(H,37,38)/t24-/m0/s1. The van der Waals surface area contributed by atoms with E-state index in [-0.39, 0.29) is 27.8 Å². The van der Waals surface area contributed by atoms with Crippen LogP contribution in [0.4, 0.5) is 32.6 Å². The molecule has 0 spiro atoms. The van der Waals surface area contributed by atoms with Crippen LogP contribution in [0.15, 0.2) is 60.9 Å². The molecule has 0 saturated heterocycles. The van der Waals surface area contributed by atoms with Crippen LogP contribution in [0.3, 0.4) is 0 Å². The smallest absolute Gasteiger partial charge is 0.486 e. The number of halogens is 9. The first-order valence-corrected chi connectivity index (χ1v) is 15.6. The molecule has 0 aliphatic heterocycles. The van der Waals surface area contributed by atoms with Crippen molar-refractivity contribution in [3.05, 3.63) is 52.5 Å². The van der Waals surface area contributed by atoms with Gasteiger partial charge in [-0.25, -0.2) is 0 Å². The second kappa shape index (κ2) is 16.2. The van der Waals surface area contributed by atoms with Crippen LogP contribution < -0.4 is 19.5 Å². The third-order valence-electron chi connectivity index (χ3n) is 5.47. The molecule has 0 heterocycles. The molecule has 0 fully saturated rings. The summed E-state index contributed by atoms with van der Waals surface area (Å²) in [5, 5.41) is 21.0. The van der Waals surface area contributed by atoms with Crippen LogP contribution in [0.5, 0.6) is 23.0 Å². The summed E-state index contributed by atoms with van der Waals surface area (Å²) in [5.41, 5.74) is -2.94. The van der Waals surface area contributed by atoms with E-state index in [1.54, 1.807) is 6.07 Å². The first kappa shape index (κ1) is 37.4. The Balaban J connectivity index is 1.94. The maximum Gasteiger partial charge on any atom is 0.573 e. The lowest BCUT2D eigenvalue weighted by Crippen LogP contribution is -2.49. The molecule has 0 unspecified atom stereocenters. The molecule has 3 rings (SSSR count). The second-order valence-corrected chi connectivity index (χ2v) is 11.8. The summed E-state index contributed by atoms with van der Waals surface area (Å²) < 4.78 is 122. The summed E-state index contributed by atoms with van der Waals surface area (Å²) in [5.74, 6) is -2.58. The molecule has 0 radical (unpaired) electrons. The van der Waals surface area contributed by atoms with Crippen molar-refractivity contribution in [1.29, 1.82) is 10.5 Å². The van der Waals surface area contributed by atoms with Crippen LogP contribution in [-0.2, 0) is 0 Å². The quantitative estimate of drug-likeness (QED) is 0.168. The Morgan fingerprint density at radius 3 is 1.87 bits per heavy atom. The molecule has 46 heavy (non-hydrogen) atoms. The van der Waals surface area contributed by atoms with E-state index in [4.69, 9.17) is 21.1 Å². The van der Waals surface area contributed by atoms with E-state index in [2.05, 4.69) is 10.1 Å². The van der Waals surface area contributed by atoms with Gasteiger partial charge in [-0.3, -0.25) is 4.79 Å². The summed E-state index contributed by atoms with van der Waals surface area (Å²) >= 11 is 2.42. The van der Waals surface area contributed by atoms with Gasteiger partial charge in [0.2, 0.25) is 0 Å². The number of nitriles is 2. The zero-order valence-corrected chi connectivity index (χ0v) is 27.0. The fraction of sp³-hybridized carbons (Fsp3) is 0.160. The van der Waals surface area contributed by atoms with Crippen molar-refractivity contribution in [2.75, 3.05) is 6.61 Å². The first-order valence-electron chi connectivity index (χ1n) is 11.6. The van der Waals surface area contributed by atoms with E-state index in [1.165, 1.54) is 12.1 Å². The van der Waals surface area contributed by atoms with Gasteiger partial charge in [0.05, 0.1) is 114 Å². The Morgan fingerprint density at radius 2 is 1.39 bits per heavy atom. The van der Waals surface area contributed by atoms with Gasteiger partial charge in [-0.1, -0.05) is 11.6 Å². The molecule has 21 heteroatoms. The van der Waals surface area contributed by atoms with E-state index >= 15 is 0 Å². The molecule has 7 nitrogen and oxygen atoms in total. The lowest BCUT2D eigenvalue weighted by Gasteiger charge is -2.25. The molecule has 244 valence electrons. The number of hydrogen-bond donors (Lipinski definition) is 1. The second-order valence-electron chi connectivity index (χ2n) is 8.61. The average Bonchev–Trinajstić information content (AvgIpc) is 3.02. The van der Waals surface area contributed by atoms with Gasteiger partial charge in [0.25, 0.3) is 5.91 Å². The molecule has 1 atom stereocenters. The largest absolute Gasteiger partial charge is 0.573 e. The molecule has 3 aromatic rings. The summed E-state index contributed by atoms with van der Waals surface area (Å²) in [6, 6.07) is 10.0. The van der Waals surface area contributed by atoms with Crippen LogP contribution in [0.25, 0.3) is 0 Å². The van der Waals surface area contributed by atoms with Crippen LogP contribution in [0.1, 0.15) is 22.8 Å². The Morgan fingerprint density at radius 1 is 0.848 bits per heavy atom. The molecular weight excluding hydrogens is 754 g/mol. The van der Waals surface area contributed by atoms with Gasteiger partial charge in [-0.2, -0.15) is 30.0 Å². The number of carbonyl (C=O) groups is 1. The van der Waals surface area contributed by atoms with Crippen LogP contribution in [0, 0.1) is 22.7 Å². The number of ether oxygens (including phenoxy) is 3. The average molecular weight is 766 g/mol. The zero-order chi connectivity index (χ0) is 34.2. The summed E-state index contributed by atoms with van der Waals surface area (Å²) in [4.78, 5) is 9.02. The van der Waals surface area contributed by atoms with Gasteiger partial charge in [-0.15, -0.1) is 13.2 Å². The topological polar surface area (TPSA) is 104 Å². The number of amides is 1. The van der Waals surface area contributed by atoms with Crippen molar-refractivity contribution < 1.29 is 51.6 Å². The number of alkyl halides is 3. The fourth-order valence-electron chi connectivity index (χ4n) is 3.49. The van der Waals surface area contributed by atoms with Crippen molar-refractivity contribution in [3.8, 4) is 35.1 Å². The van der Waals surface area contributed by atoms with Gasteiger partial charge < -0.3 is 19.5 Å². The number of nitrogens with zero attached hydrogens (tertiary/aromatic N) is 2. The van der Waals surface area contributed by atoms with Crippen molar-refractivity contribution in [2.45, 2.75) is 43.3 Å². The summed E-state index contributed by atoms with van der Waals surface area (Å²) in [6.45, 7) is 0.373. The highest BCUT2D eigenvalue weighted by molar-refractivity contribution is 8.00. The van der Waals surface area contributed by atoms with Gasteiger partial charge in [0, 0.05) is 12.1 Å². The van der Waals surface area contributed by atoms with Gasteiger partial charge in [-0.05, 0) is 31.2 Å². The maximum atomic E-state index is 14.0. The van der Waals surface area contributed by atoms with Crippen molar-refractivity contribution in [1.82, 2.24) is 5.32 Å². The Kier molecular flexibility index (Phi) is 13.2. The van der Waals surface area contributed by atoms with Gasteiger partial charge in [0.1, 0.15) is 18.1 Å². The van der Waals surface area contributed by atoms with Crippen LogP contribution >= 0.6 is 72.3 Å². The van der Waals surface area contributed by atoms with E-state index in [0.717, 1.165) is 31.2 Å². The highest BCUT2D eigenvalue weighted by Crippen LogP contribution is 2.52. The summed E-state index contributed by atoms with van der Waals surface area (Å²) in [6.07, 6.45) is -4.99. The van der Waals surface area contributed by atoms with E-state index in [9.17, 15) is 47.9 Å². The van der Waals surface area contributed by atoms with E-state index < -0.39 is 121 Å². The number of carbonyl (C=O) groups excluding carboxylic acids is 1. The first-order chi connectivity index (χ1) is 21.8. The van der Waals surface area contributed by atoms with Crippen molar-refractivity contribution >= 4 is 78.2 Å². The molecular formula is C25H12ClF8N3O4S5. The molecule has 3 aromatic carbocycles. The molecule has 0 aromatic heterocycles. The monoisotopic (exact) mass is 765 g/mol. The SMILES string of the molecule is C[C@](C#N)(COc1cc(C#N)ccc1Oc1ccc(OC(F)(F)F)cc1Cl)NC(=O)c1c(SF)c(SF)c(SF)c(SF)c1SF. The third kappa shape index (κ3) is 8.87. The van der Waals surface area contributed by atoms with E-state index in [1.807, 2.05) is 6.07 Å². The van der Waals surface area contributed by atoms with Crippen LogP contribution in [-0.4, -0.2) is 24.4 Å². The van der Waals surface area contributed by atoms with Gasteiger partial charge in [0.15, 0.2) is 17.0 Å². The molecule has 0 saturated carbocycles. The number of benzene rings is 3. The van der Waals surface area contributed by atoms with Crippen molar-refractivity contribution in [3.63, 3.8) is 0 Å². The normalized spacial score (nSPS) is 12.4. The Labute approximate surface area is 282 Å². The highest BCUT2D eigenvalue weighted by Gasteiger charge is 2.36. The lowest BCUT2D eigenvalue weighted by molar-refractivity contribution is -0.274. The summed E-state index contributed by atoms with van der Waals surface area (Å²) in [7, 11) is 0. The number of rotatable bonds is 13. The van der Waals surface area contributed by atoms with Crippen molar-refractivity contribution in [2.24, 2.45) is 0 Å². The molecule has 1 amide bonds. The predicted molar refractivity (Wildman–Crippen MR) is 158 cm³/mol. The number of nitrogens with one attached hydrogen (secondary N) is 1. The molecule has 1 N–H and O–H groups in total. The highest BCUT2D eigenvalue weighted by atomic mass is 35.5. The molecule has 0 aliphatic carbocycles. The minimum absolute atomic E-state index is 0.0256.